The van der Waals surface area contributed by atoms with Crippen LogP contribution >= 0.6 is 0 Å². The highest BCUT2D eigenvalue weighted by molar-refractivity contribution is 5.96. The Kier molecular flexibility index (Phi) is 6.53. The van der Waals surface area contributed by atoms with Crippen molar-refractivity contribution in [3.05, 3.63) is 190 Å². The second-order valence-electron chi connectivity index (χ2n) is 18.6. The average Bonchev–Trinajstić information content (AvgIpc) is 3.55. The zero-order chi connectivity index (χ0) is 38.5. The minimum Gasteiger partial charge on any atom is -0.310 e. The summed E-state index contributed by atoms with van der Waals surface area (Å²) in [6.07, 6.45) is 0. The largest absolute Gasteiger partial charge is 0.310 e. The Balaban J connectivity index is 1.12. The molecule has 0 amide bonds. The fourth-order valence-corrected chi connectivity index (χ4v) is 11.1. The van der Waals surface area contributed by atoms with Gasteiger partial charge >= 0.3 is 0 Å². The highest BCUT2D eigenvalue weighted by Crippen LogP contribution is 2.62. The third-order valence-electron chi connectivity index (χ3n) is 14.2. The van der Waals surface area contributed by atoms with Gasteiger partial charge in [-0.2, -0.15) is 0 Å². The van der Waals surface area contributed by atoms with Crippen molar-refractivity contribution in [2.24, 2.45) is 0 Å². The molecule has 7 aromatic rings. The molecule has 2 heterocycles. The van der Waals surface area contributed by atoms with Gasteiger partial charge in [-0.1, -0.05) is 128 Å². The van der Waals surface area contributed by atoms with Crippen LogP contribution in [-0.4, -0.2) is 0 Å². The molecular formula is C54H48N2. The Morgan fingerprint density at radius 3 is 0.929 bits per heavy atom. The molecule has 0 saturated heterocycles. The van der Waals surface area contributed by atoms with Crippen molar-refractivity contribution >= 4 is 34.1 Å². The smallest absolute Gasteiger partial charge is 0.0506 e. The van der Waals surface area contributed by atoms with Crippen LogP contribution in [0.5, 0.6) is 0 Å². The Morgan fingerprint density at radius 1 is 0.268 bits per heavy atom. The van der Waals surface area contributed by atoms with E-state index in [1.807, 2.05) is 0 Å². The third kappa shape index (κ3) is 4.17. The standard InChI is InChI=1S/C54H48N2/c1-51(2)39-23-15-17-25-47(39)55(33-19-11-9-12-20-33)49-31-43-37(29-45(49)51)35-27-42-36(28-41(35)53(43,5)6)38-30-46-50(32-44(38)54(42,7)8)56(34-21-13-10-14-22-34)48-26-18-16-24-40(48)52(46,3)4/h9-32H,1-8H3. The van der Waals surface area contributed by atoms with E-state index in [1.54, 1.807) is 0 Å². The van der Waals surface area contributed by atoms with E-state index in [9.17, 15) is 0 Å². The van der Waals surface area contributed by atoms with Crippen LogP contribution in [0.2, 0.25) is 0 Å². The lowest BCUT2D eigenvalue weighted by molar-refractivity contribution is 0.627. The summed E-state index contributed by atoms with van der Waals surface area (Å²) >= 11 is 0. The van der Waals surface area contributed by atoms with Gasteiger partial charge in [-0.25, -0.2) is 0 Å². The van der Waals surface area contributed by atoms with Crippen LogP contribution < -0.4 is 9.80 Å². The molecule has 7 aromatic carbocycles. The molecule has 11 rings (SSSR count). The topological polar surface area (TPSA) is 6.48 Å². The summed E-state index contributed by atoms with van der Waals surface area (Å²) in [5, 5.41) is 0. The van der Waals surface area contributed by atoms with E-state index in [4.69, 9.17) is 0 Å². The number of benzene rings is 7. The quantitative estimate of drug-likeness (QED) is 0.175. The van der Waals surface area contributed by atoms with Crippen LogP contribution in [0.1, 0.15) is 99.9 Å². The zero-order valence-electron chi connectivity index (χ0n) is 33.8. The molecular weight excluding hydrogens is 677 g/mol. The van der Waals surface area contributed by atoms with Crippen molar-refractivity contribution < 1.29 is 0 Å². The van der Waals surface area contributed by atoms with Crippen LogP contribution in [0.25, 0.3) is 22.3 Å². The minimum absolute atomic E-state index is 0.167. The zero-order valence-corrected chi connectivity index (χ0v) is 33.8. The number of hydrogen-bond donors (Lipinski definition) is 0. The van der Waals surface area contributed by atoms with Crippen molar-refractivity contribution in [3.63, 3.8) is 0 Å². The predicted molar refractivity (Wildman–Crippen MR) is 235 cm³/mol. The summed E-state index contributed by atoms with van der Waals surface area (Å²) in [5.41, 5.74) is 23.5. The van der Waals surface area contributed by atoms with E-state index >= 15 is 0 Å². The molecule has 0 fully saturated rings. The van der Waals surface area contributed by atoms with Crippen LogP contribution in [-0.2, 0) is 21.7 Å². The summed E-state index contributed by atoms with van der Waals surface area (Å²) in [4.78, 5) is 4.99. The predicted octanol–water partition coefficient (Wildman–Crippen LogP) is 14.5. The first-order chi connectivity index (χ1) is 26.8. The molecule has 2 aliphatic carbocycles. The molecule has 0 aromatic heterocycles. The number of anilines is 6. The summed E-state index contributed by atoms with van der Waals surface area (Å²) in [6, 6.07) is 55.2. The molecule has 0 unspecified atom stereocenters. The summed E-state index contributed by atoms with van der Waals surface area (Å²) in [5.74, 6) is 0. The first-order valence-corrected chi connectivity index (χ1v) is 20.3. The van der Waals surface area contributed by atoms with Gasteiger partial charge in [0, 0.05) is 33.0 Å². The second-order valence-corrected chi connectivity index (χ2v) is 18.6. The van der Waals surface area contributed by atoms with Crippen molar-refractivity contribution in [1.82, 2.24) is 0 Å². The van der Waals surface area contributed by atoms with Crippen LogP contribution in [0.4, 0.5) is 34.1 Å². The number of para-hydroxylation sites is 4. The van der Waals surface area contributed by atoms with E-state index in [2.05, 4.69) is 211 Å². The van der Waals surface area contributed by atoms with E-state index in [-0.39, 0.29) is 21.7 Å². The molecule has 2 heteroatoms. The first kappa shape index (κ1) is 33.5. The van der Waals surface area contributed by atoms with E-state index < -0.39 is 0 Å². The van der Waals surface area contributed by atoms with E-state index in [0.717, 1.165) is 0 Å². The van der Waals surface area contributed by atoms with Crippen LogP contribution in [0.3, 0.4) is 0 Å². The normalized spacial score (nSPS) is 17.8. The summed E-state index contributed by atoms with van der Waals surface area (Å²) < 4.78 is 0. The molecule has 0 N–H and O–H groups in total. The van der Waals surface area contributed by atoms with Gasteiger partial charge in [0.1, 0.15) is 0 Å². The molecule has 0 spiro atoms. The SMILES string of the molecule is CC1(C)c2cc3c(cc2-c2cc4c(cc21)N(c1ccccc1)c1ccccc1C4(C)C)C(C)(C)c1cc2c(cc1-3)C(C)(C)c1ccccc1N2c1ccccc1. The Morgan fingerprint density at radius 2 is 0.554 bits per heavy atom. The molecule has 274 valence electrons. The van der Waals surface area contributed by atoms with Gasteiger partial charge in [0.15, 0.2) is 0 Å². The molecule has 0 bridgehead atoms. The molecule has 4 aliphatic rings. The Labute approximate surface area is 332 Å². The first-order valence-electron chi connectivity index (χ1n) is 20.3. The summed E-state index contributed by atoms with van der Waals surface area (Å²) in [7, 11) is 0. The number of nitrogens with zero attached hydrogens (tertiary/aromatic N) is 2. The van der Waals surface area contributed by atoms with Gasteiger partial charge < -0.3 is 9.80 Å². The van der Waals surface area contributed by atoms with Crippen LogP contribution in [0, 0.1) is 0 Å². The van der Waals surface area contributed by atoms with Gasteiger partial charge in [-0.15, -0.1) is 0 Å². The lowest BCUT2D eigenvalue weighted by atomic mass is 9.71. The molecule has 0 saturated carbocycles. The molecule has 0 atom stereocenters. The van der Waals surface area contributed by atoms with Gasteiger partial charge in [0.25, 0.3) is 0 Å². The second kappa shape index (κ2) is 10.9. The number of fused-ring (bicyclic) bond motifs is 10. The van der Waals surface area contributed by atoms with Crippen molar-refractivity contribution in [2.75, 3.05) is 9.80 Å². The Bertz CT molecular complexity index is 2610. The monoisotopic (exact) mass is 724 g/mol. The molecule has 2 nitrogen and oxygen atoms in total. The lowest BCUT2D eigenvalue weighted by Gasteiger charge is -2.43. The Hall–Kier alpha value is -5.86. The van der Waals surface area contributed by atoms with Gasteiger partial charge in [0.05, 0.1) is 22.7 Å². The van der Waals surface area contributed by atoms with Gasteiger partial charge in [0.2, 0.25) is 0 Å². The highest BCUT2D eigenvalue weighted by Gasteiger charge is 2.46. The highest BCUT2D eigenvalue weighted by atomic mass is 15.2. The maximum atomic E-state index is 2.58. The van der Waals surface area contributed by atoms with Crippen molar-refractivity contribution in [1.29, 1.82) is 0 Å². The third-order valence-corrected chi connectivity index (χ3v) is 14.2. The fourth-order valence-electron chi connectivity index (χ4n) is 11.1. The van der Waals surface area contributed by atoms with Gasteiger partial charge in [-0.05, 0) is 140 Å². The van der Waals surface area contributed by atoms with Gasteiger partial charge in [-0.3, -0.25) is 0 Å². The van der Waals surface area contributed by atoms with Crippen molar-refractivity contribution in [2.45, 2.75) is 77.0 Å². The van der Waals surface area contributed by atoms with E-state index in [1.165, 1.54) is 101 Å². The van der Waals surface area contributed by atoms with Crippen LogP contribution in [0.15, 0.2) is 146 Å². The molecule has 56 heavy (non-hydrogen) atoms. The fraction of sp³-hybridized carbons (Fsp3) is 0.222. The summed E-state index contributed by atoms with van der Waals surface area (Å²) in [6.45, 7) is 19.4. The number of hydrogen-bond acceptors (Lipinski definition) is 2. The maximum Gasteiger partial charge on any atom is 0.0506 e. The number of rotatable bonds is 2. The molecule has 2 aliphatic heterocycles. The maximum absolute atomic E-state index is 2.58. The molecule has 0 radical (unpaired) electrons. The average molecular weight is 725 g/mol. The minimum atomic E-state index is -0.179. The van der Waals surface area contributed by atoms with E-state index in [0.29, 0.717) is 0 Å². The lowest BCUT2D eigenvalue weighted by Crippen LogP contribution is -2.31. The van der Waals surface area contributed by atoms with Crippen molar-refractivity contribution in [3.8, 4) is 22.3 Å².